The molecular weight excluding hydrogens is 218 g/mol. The number of rotatable bonds is 3. The Kier molecular flexibility index (Phi) is 3.53. The third-order valence-corrected chi connectivity index (χ3v) is 3.36. The molecule has 18 heavy (non-hydrogen) atoms. The minimum absolute atomic E-state index is 0.318. The lowest BCUT2D eigenvalue weighted by Crippen LogP contribution is -2.35. The van der Waals surface area contributed by atoms with Crippen molar-refractivity contribution >= 4 is 0 Å². The van der Waals surface area contributed by atoms with Crippen LogP contribution < -0.4 is 5.73 Å². The molecule has 2 N–H and O–H groups in total. The number of aryl methyl sites for hydroxylation is 2. The van der Waals surface area contributed by atoms with Crippen molar-refractivity contribution in [3.63, 3.8) is 0 Å². The molecule has 0 saturated heterocycles. The summed E-state index contributed by atoms with van der Waals surface area (Å²) in [7, 11) is 0. The van der Waals surface area contributed by atoms with Crippen LogP contribution in [0.25, 0.3) is 0 Å². The molecule has 0 aliphatic heterocycles. The first-order valence-corrected chi connectivity index (χ1v) is 6.39. The van der Waals surface area contributed by atoms with Crippen LogP contribution in [-0.4, -0.2) is 0 Å². The summed E-state index contributed by atoms with van der Waals surface area (Å²) in [6.07, 6.45) is 0.859. The minimum Gasteiger partial charge on any atom is -0.321 e. The first-order valence-electron chi connectivity index (χ1n) is 6.39. The Morgan fingerprint density at radius 1 is 0.944 bits per heavy atom. The number of hydrogen-bond donors (Lipinski definition) is 1. The molecule has 2 aromatic rings. The second-order valence-corrected chi connectivity index (χ2v) is 5.45. The molecule has 0 aliphatic carbocycles. The quantitative estimate of drug-likeness (QED) is 0.868. The summed E-state index contributed by atoms with van der Waals surface area (Å²) in [6.45, 7) is 6.31. The Hall–Kier alpha value is -1.60. The Morgan fingerprint density at radius 2 is 1.61 bits per heavy atom. The Morgan fingerprint density at radius 3 is 2.22 bits per heavy atom. The minimum atomic E-state index is -0.318. The average Bonchev–Trinajstić information content (AvgIpc) is 2.29. The zero-order chi connectivity index (χ0) is 13.2. The molecule has 94 valence electrons. The van der Waals surface area contributed by atoms with Crippen LogP contribution in [0.2, 0.25) is 0 Å². The Bertz CT molecular complexity index is 524. The monoisotopic (exact) mass is 239 g/mol. The van der Waals surface area contributed by atoms with Crippen molar-refractivity contribution in [3.8, 4) is 0 Å². The predicted octanol–water partition coefficient (Wildman–Crippen LogP) is 3.72. The van der Waals surface area contributed by atoms with E-state index >= 15 is 0 Å². The van der Waals surface area contributed by atoms with Crippen LogP contribution in [0.4, 0.5) is 0 Å². The molecule has 0 aliphatic rings. The summed E-state index contributed by atoms with van der Waals surface area (Å²) < 4.78 is 0. The molecule has 0 spiro atoms. The van der Waals surface area contributed by atoms with E-state index in [0.717, 1.165) is 6.42 Å². The maximum Gasteiger partial charge on any atom is 0.0421 e. The fraction of sp³-hybridized carbons (Fsp3) is 0.294. The molecule has 0 saturated carbocycles. The van der Waals surface area contributed by atoms with Gasteiger partial charge in [0.15, 0.2) is 0 Å². The van der Waals surface area contributed by atoms with Crippen molar-refractivity contribution in [2.24, 2.45) is 5.73 Å². The van der Waals surface area contributed by atoms with E-state index in [9.17, 15) is 0 Å². The summed E-state index contributed by atoms with van der Waals surface area (Å²) in [5, 5.41) is 0. The second-order valence-electron chi connectivity index (χ2n) is 5.45. The van der Waals surface area contributed by atoms with E-state index in [-0.39, 0.29) is 5.54 Å². The SMILES string of the molecule is Cc1ccc(C(C)(N)Cc2cccc(C)c2)cc1. The highest BCUT2D eigenvalue weighted by Gasteiger charge is 2.21. The standard InChI is InChI=1S/C17H21N/c1-13-7-9-16(10-8-13)17(3,18)12-15-6-4-5-14(2)11-15/h4-11H,12,18H2,1-3H3. The van der Waals surface area contributed by atoms with Gasteiger partial charge in [0.25, 0.3) is 0 Å². The molecule has 0 aromatic heterocycles. The molecule has 1 atom stereocenters. The van der Waals surface area contributed by atoms with Gasteiger partial charge in [0.2, 0.25) is 0 Å². The predicted molar refractivity (Wildman–Crippen MR) is 77.6 cm³/mol. The van der Waals surface area contributed by atoms with E-state index in [0.29, 0.717) is 0 Å². The van der Waals surface area contributed by atoms with Gasteiger partial charge < -0.3 is 5.73 Å². The van der Waals surface area contributed by atoms with Gasteiger partial charge in [-0.2, -0.15) is 0 Å². The van der Waals surface area contributed by atoms with Crippen LogP contribution in [0, 0.1) is 13.8 Å². The van der Waals surface area contributed by atoms with E-state index in [1.54, 1.807) is 0 Å². The van der Waals surface area contributed by atoms with Crippen molar-refractivity contribution in [1.82, 2.24) is 0 Å². The van der Waals surface area contributed by atoms with Gasteiger partial charge in [-0.3, -0.25) is 0 Å². The lowest BCUT2D eigenvalue weighted by atomic mass is 9.86. The highest BCUT2D eigenvalue weighted by Crippen LogP contribution is 2.23. The number of hydrogen-bond acceptors (Lipinski definition) is 1. The number of benzene rings is 2. The topological polar surface area (TPSA) is 26.0 Å². The van der Waals surface area contributed by atoms with Gasteiger partial charge >= 0.3 is 0 Å². The van der Waals surface area contributed by atoms with Crippen LogP contribution in [-0.2, 0) is 12.0 Å². The first-order chi connectivity index (χ1) is 8.47. The largest absolute Gasteiger partial charge is 0.321 e. The van der Waals surface area contributed by atoms with Gasteiger partial charge in [0.05, 0.1) is 0 Å². The van der Waals surface area contributed by atoms with Gasteiger partial charge in [-0.1, -0.05) is 59.7 Å². The van der Waals surface area contributed by atoms with Gasteiger partial charge in [-0.25, -0.2) is 0 Å². The first kappa shape index (κ1) is 12.8. The molecule has 0 amide bonds. The van der Waals surface area contributed by atoms with E-state index in [1.165, 1.54) is 22.3 Å². The number of nitrogens with two attached hydrogens (primary N) is 1. The molecule has 1 nitrogen and oxygen atoms in total. The third kappa shape index (κ3) is 2.99. The van der Waals surface area contributed by atoms with Gasteiger partial charge in [0.1, 0.15) is 0 Å². The van der Waals surface area contributed by atoms with Crippen molar-refractivity contribution in [1.29, 1.82) is 0 Å². The van der Waals surface area contributed by atoms with Crippen LogP contribution in [0.1, 0.15) is 29.2 Å². The molecule has 0 radical (unpaired) electrons. The smallest absolute Gasteiger partial charge is 0.0421 e. The van der Waals surface area contributed by atoms with Crippen molar-refractivity contribution < 1.29 is 0 Å². The summed E-state index contributed by atoms with van der Waals surface area (Å²) in [5.74, 6) is 0. The second kappa shape index (κ2) is 4.95. The summed E-state index contributed by atoms with van der Waals surface area (Å²) in [5.41, 5.74) is 11.2. The third-order valence-electron chi connectivity index (χ3n) is 3.36. The molecule has 1 heteroatoms. The highest BCUT2D eigenvalue weighted by atomic mass is 14.7. The molecule has 2 aromatic carbocycles. The molecule has 2 rings (SSSR count). The van der Waals surface area contributed by atoms with E-state index in [4.69, 9.17) is 5.73 Å². The van der Waals surface area contributed by atoms with Gasteiger partial charge in [-0.05, 0) is 38.3 Å². The van der Waals surface area contributed by atoms with E-state index in [1.807, 2.05) is 0 Å². The highest BCUT2D eigenvalue weighted by molar-refractivity contribution is 5.31. The zero-order valence-corrected chi connectivity index (χ0v) is 11.4. The summed E-state index contributed by atoms with van der Waals surface area (Å²) >= 11 is 0. The Balaban J connectivity index is 2.23. The van der Waals surface area contributed by atoms with Crippen LogP contribution in [0.15, 0.2) is 48.5 Å². The van der Waals surface area contributed by atoms with Crippen LogP contribution >= 0.6 is 0 Å². The van der Waals surface area contributed by atoms with Crippen LogP contribution in [0.3, 0.4) is 0 Å². The summed E-state index contributed by atoms with van der Waals surface area (Å²) in [6, 6.07) is 17.1. The Labute approximate surface area is 110 Å². The fourth-order valence-electron chi connectivity index (χ4n) is 2.28. The lowest BCUT2D eigenvalue weighted by molar-refractivity contribution is 0.491. The average molecular weight is 239 g/mol. The van der Waals surface area contributed by atoms with E-state index in [2.05, 4.69) is 69.3 Å². The molecule has 0 fully saturated rings. The van der Waals surface area contributed by atoms with Gasteiger partial charge in [-0.15, -0.1) is 0 Å². The van der Waals surface area contributed by atoms with E-state index < -0.39 is 0 Å². The van der Waals surface area contributed by atoms with Gasteiger partial charge in [0, 0.05) is 5.54 Å². The maximum atomic E-state index is 6.47. The normalized spacial score (nSPS) is 14.2. The fourth-order valence-corrected chi connectivity index (χ4v) is 2.28. The molecule has 0 bridgehead atoms. The molecule has 0 heterocycles. The lowest BCUT2D eigenvalue weighted by Gasteiger charge is -2.25. The molecule has 1 unspecified atom stereocenters. The van der Waals surface area contributed by atoms with Crippen molar-refractivity contribution in [3.05, 3.63) is 70.8 Å². The van der Waals surface area contributed by atoms with Crippen LogP contribution in [0.5, 0.6) is 0 Å². The maximum absolute atomic E-state index is 6.47. The zero-order valence-electron chi connectivity index (χ0n) is 11.4. The molecular formula is C17H21N. The summed E-state index contributed by atoms with van der Waals surface area (Å²) in [4.78, 5) is 0. The van der Waals surface area contributed by atoms with Crippen molar-refractivity contribution in [2.75, 3.05) is 0 Å². The van der Waals surface area contributed by atoms with Crippen molar-refractivity contribution in [2.45, 2.75) is 32.7 Å².